The molecule has 0 aromatic carbocycles. The van der Waals surface area contributed by atoms with Crippen molar-refractivity contribution in [2.75, 3.05) is 13.1 Å². The van der Waals surface area contributed by atoms with Crippen LogP contribution in [0.1, 0.15) is 28.3 Å². The minimum Gasteiger partial charge on any atom is -0.476 e. The van der Waals surface area contributed by atoms with Crippen LogP contribution in [0.4, 0.5) is 4.79 Å². The Balaban J connectivity index is 1.85. The highest BCUT2D eigenvalue weighted by molar-refractivity contribution is 7.09. The lowest BCUT2D eigenvalue weighted by Gasteiger charge is -2.20. The molecule has 0 aliphatic heterocycles. The molecule has 0 bridgehead atoms. The molecule has 1 aliphatic carbocycles. The second-order valence-corrected chi connectivity index (χ2v) is 5.56. The first-order valence-corrected chi connectivity index (χ1v) is 7.12. The van der Waals surface area contributed by atoms with E-state index >= 15 is 0 Å². The predicted octanol–water partition coefficient (Wildman–Crippen LogP) is 1.40. The third-order valence-corrected chi connectivity index (χ3v) is 3.76. The van der Waals surface area contributed by atoms with Crippen molar-refractivity contribution in [3.05, 3.63) is 16.1 Å². The molecule has 106 valence electrons. The Hall–Kier alpha value is -2.07. The molecule has 0 saturated heterocycles. The normalized spacial score (nSPS) is 13.6. The van der Waals surface area contributed by atoms with Gasteiger partial charge in [0, 0.05) is 11.9 Å². The van der Waals surface area contributed by atoms with E-state index in [1.807, 2.05) is 0 Å². The molecule has 1 heterocycles. The number of aromatic nitrogens is 1. The van der Waals surface area contributed by atoms with E-state index in [9.17, 15) is 9.59 Å². The summed E-state index contributed by atoms with van der Waals surface area (Å²) in [4.78, 5) is 28.2. The van der Waals surface area contributed by atoms with Crippen LogP contribution < -0.4 is 5.32 Å². The van der Waals surface area contributed by atoms with E-state index in [4.69, 9.17) is 11.5 Å². The van der Waals surface area contributed by atoms with Gasteiger partial charge in [0.15, 0.2) is 5.69 Å². The van der Waals surface area contributed by atoms with Gasteiger partial charge in [-0.15, -0.1) is 17.8 Å². The van der Waals surface area contributed by atoms with E-state index in [0.717, 1.165) is 12.8 Å². The molecule has 2 rings (SSSR count). The number of carbonyl (C=O) groups excluding carboxylic acids is 1. The lowest BCUT2D eigenvalue weighted by Crippen LogP contribution is -2.41. The number of urea groups is 1. The zero-order valence-electron chi connectivity index (χ0n) is 10.8. The summed E-state index contributed by atoms with van der Waals surface area (Å²) in [5.41, 5.74) is -0.00212. The molecule has 1 aliphatic rings. The molecule has 2 N–H and O–H groups in total. The molecule has 0 radical (unpaired) electrons. The quantitative estimate of drug-likeness (QED) is 0.777. The summed E-state index contributed by atoms with van der Waals surface area (Å²) in [6.45, 7) is 1.16. The number of terminal acetylenes is 1. The highest BCUT2D eigenvalue weighted by Crippen LogP contribution is 2.29. The van der Waals surface area contributed by atoms with Crippen LogP contribution in [-0.2, 0) is 6.54 Å². The third-order valence-electron chi connectivity index (χ3n) is 2.91. The van der Waals surface area contributed by atoms with Gasteiger partial charge in [0.2, 0.25) is 0 Å². The number of rotatable bonds is 6. The number of thiazole rings is 1. The topological polar surface area (TPSA) is 82.5 Å². The van der Waals surface area contributed by atoms with Gasteiger partial charge in [-0.3, -0.25) is 0 Å². The molecule has 1 fully saturated rings. The van der Waals surface area contributed by atoms with Gasteiger partial charge in [0.1, 0.15) is 5.01 Å². The zero-order valence-corrected chi connectivity index (χ0v) is 11.7. The van der Waals surface area contributed by atoms with Crippen molar-refractivity contribution in [1.82, 2.24) is 15.2 Å². The number of hydrogen-bond donors (Lipinski definition) is 2. The van der Waals surface area contributed by atoms with Crippen LogP contribution in [0.25, 0.3) is 0 Å². The Kier molecular flexibility index (Phi) is 4.58. The largest absolute Gasteiger partial charge is 0.476 e. The average molecular weight is 293 g/mol. The van der Waals surface area contributed by atoms with Gasteiger partial charge in [0.05, 0.1) is 13.1 Å². The summed E-state index contributed by atoms with van der Waals surface area (Å²) < 4.78 is 0. The molecule has 0 atom stereocenters. The molecular formula is C13H15N3O3S. The number of carboxylic acids is 1. The van der Waals surface area contributed by atoms with E-state index < -0.39 is 5.97 Å². The predicted molar refractivity (Wildman–Crippen MR) is 74.4 cm³/mol. The van der Waals surface area contributed by atoms with Crippen LogP contribution in [0.2, 0.25) is 0 Å². The van der Waals surface area contributed by atoms with Crippen LogP contribution in [0.5, 0.6) is 0 Å². The minimum atomic E-state index is -1.07. The van der Waals surface area contributed by atoms with E-state index in [2.05, 4.69) is 16.2 Å². The van der Waals surface area contributed by atoms with E-state index in [0.29, 0.717) is 17.5 Å². The Bertz CT molecular complexity index is 545. The number of aromatic carboxylic acids is 1. The monoisotopic (exact) mass is 293 g/mol. The molecule has 7 heteroatoms. The number of nitrogens with one attached hydrogen (secondary N) is 1. The van der Waals surface area contributed by atoms with Gasteiger partial charge in [-0.25, -0.2) is 14.6 Å². The van der Waals surface area contributed by atoms with Crippen LogP contribution in [-0.4, -0.2) is 40.1 Å². The summed E-state index contributed by atoms with van der Waals surface area (Å²) in [5, 5.41) is 13.5. The first-order chi connectivity index (χ1) is 9.60. The smallest absolute Gasteiger partial charge is 0.355 e. The first kappa shape index (κ1) is 14.3. The van der Waals surface area contributed by atoms with Crippen molar-refractivity contribution >= 4 is 23.3 Å². The van der Waals surface area contributed by atoms with Crippen LogP contribution in [0, 0.1) is 18.3 Å². The maximum atomic E-state index is 12.0. The lowest BCUT2D eigenvalue weighted by atomic mass is 10.4. The molecule has 2 amide bonds. The van der Waals surface area contributed by atoms with Crippen molar-refractivity contribution in [3.63, 3.8) is 0 Å². The second-order valence-electron chi connectivity index (χ2n) is 4.62. The highest BCUT2D eigenvalue weighted by Gasteiger charge is 2.26. The molecule has 20 heavy (non-hydrogen) atoms. The molecule has 1 aromatic heterocycles. The number of carbonyl (C=O) groups is 2. The fourth-order valence-corrected chi connectivity index (χ4v) is 2.40. The SMILES string of the molecule is C#CCN(CC1CC1)C(=O)NCc1nc(C(=O)O)cs1. The zero-order chi connectivity index (χ0) is 14.5. The van der Waals surface area contributed by atoms with Gasteiger partial charge >= 0.3 is 12.0 Å². The summed E-state index contributed by atoms with van der Waals surface area (Å²) in [6, 6.07) is -0.234. The van der Waals surface area contributed by atoms with Crippen LogP contribution in [0.15, 0.2) is 5.38 Å². The van der Waals surface area contributed by atoms with Gasteiger partial charge in [-0.2, -0.15) is 0 Å². The van der Waals surface area contributed by atoms with Crippen LogP contribution in [0.3, 0.4) is 0 Å². The number of nitrogens with zero attached hydrogens (tertiary/aromatic N) is 2. The van der Waals surface area contributed by atoms with Crippen molar-refractivity contribution in [1.29, 1.82) is 0 Å². The Morgan fingerprint density at radius 1 is 1.60 bits per heavy atom. The Labute approximate surface area is 120 Å². The summed E-state index contributed by atoms with van der Waals surface area (Å²) in [5.74, 6) is 1.97. The fourth-order valence-electron chi connectivity index (χ4n) is 1.69. The second kappa shape index (κ2) is 6.39. The summed E-state index contributed by atoms with van der Waals surface area (Å²) in [7, 11) is 0. The minimum absolute atomic E-state index is 0.00212. The van der Waals surface area contributed by atoms with Gasteiger partial charge in [-0.05, 0) is 18.8 Å². The molecule has 6 nitrogen and oxygen atoms in total. The lowest BCUT2D eigenvalue weighted by molar-refractivity contribution is 0.0691. The third kappa shape index (κ3) is 3.96. The van der Waals surface area contributed by atoms with E-state index in [1.54, 1.807) is 4.90 Å². The van der Waals surface area contributed by atoms with E-state index in [1.165, 1.54) is 16.7 Å². The average Bonchev–Trinajstić information content (AvgIpc) is 3.10. The van der Waals surface area contributed by atoms with Crippen molar-refractivity contribution in [2.45, 2.75) is 19.4 Å². The van der Waals surface area contributed by atoms with E-state index in [-0.39, 0.29) is 24.8 Å². The summed E-state index contributed by atoms with van der Waals surface area (Å²) in [6.07, 6.45) is 7.54. The maximum absolute atomic E-state index is 12.0. The standard InChI is InChI=1S/C13H15N3O3S/c1-2-5-16(7-9-3-4-9)13(19)14-6-11-15-10(8-20-11)12(17)18/h1,8-9H,3-7H2,(H,14,19)(H,17,18). The van der Waals surface area contributed by atoms with Crippen molar-refractivity contribution < 1.29 is 14.7 Å². The van der Waals surface area contributed by atoms with Crippen LogP contribution >= 0.6 is 11.3 Å². The highest BCUT2D eigenvalue weighted by atomic mass is 32.1. The van der Waals surface area contributed by atoms with Gasteiger partial charge in [-0.1, -0.05) is 5.92 Å². The summed E-state index contributed by atoms with van der Waals surface area (Å²) >= 11 is 1.21. The Morgan fingerprint density at radius 3 is 2.90 bits per heavy atom. The first-order valence-electron chi connectivity index (χ1n) is 6.24. The maximum Gasteiger partial charge on any atom is 0.355 e. The molecule has 0 spiro atoms. The van der Waals surface area contributed by atoms with Gasteiger partial charge < -0.3 is 15.3 Å². The molecule has 1 saturated carbocycles. The Morgan fingerprint density at radius 2 is 2.35 bits per heavy atom. The number of carboxylic acid groups (broad SMARTS) is 1. The number of hydrogen-bond acceptors (Lipinski definition) is 4. The van der Waals surface area contributed by atoms with Crippen molar-refractivity contribution in [3.8, 4) is 12.3 Å². The molecule has 1 aromatic rings. The van der Waals surface area contributed by atoms with Crippen molar-refractivity contribution in [2.24, 2.45) is 5.92 Å². The molecular weight excluding hydrogens is 278 g/mol. The molecule has 0 unspecified atom stereocenters. The van der Waals surface area contributed by atoms with Gasteiger partial charge in [0.25, 0.3) is 0 Å². The number of amides is 2. The fraction of sp³-hybridized carbons (Fsp3) is 0.462.